The van der Waals surface area contributed by atoms with Gasteiger partial charge in [0.15, 0.2) is 0 Å². The van der Waals surface area contributed by atoms with Crippen LogP contribution in [0.2, 0.25) is 0 Å². The second-order valence-electron chi connectivity index (χ2n) is 4.78. The molecule has 0 aliphatic heterocycles. The van der Waals surface area contributed by atoms with Crippen molar-refractivity contribution in [1.29, 1.82) is 0 Å². The normalized spacial score (nSPS) is 13.6. The molecule has 1 unspecified atom stereocenters. The molecule has 1 aromatic rings. The maximum Gasteiger partial charge on any atom is 0.321 e. The predicted molar refractivity (Wildman–Crippen MR) is 68.3 cm³/mol. The summed E-state index contributed by atoms with van der Waals surface area (Å²) in [5, 5.41) is 13.9. The third kappa shape index (κ3) is 5.81. The fourth-order valence-electron chi connectivity index (χ4n) is 1.24. The van der Waals surface area contributed by atoms with Crippen LogP contribution < -0.4 is 5.32 Å². The molecule has 0 spiro atoms. The minimum Gasteiger partial charge on any atom is -0.480 e. The summed E-state index contributed by atoms with van der Waals surface area (Å²) in [5.74, 6) is -0.851. The molecule has 0 fully saturated rings. The minimum atomic E-state index is -0.851. The highest BCUT2D eigenvalue weighted by molar-refractivity contribution is 7.09. The van der Waals surface area contributed by atoms with E-state index in [-0.39, 0.29) is 12.3 Å². The van der Waals surface area contributed by atoms with Gasteiger partial charge in [0, 0.05) is 11.3 Å². The summed E-state index contributed by atoms with van der Waals surface area (Å²) in [6.07, 6.45) is 0.487. The van der Waals surface area contributed by atoms with Gasteiger partial charge in [-0.25, -0.2) is 0 Å². The van der Waals surface area contributed by atoms with Gasteiger partial charge in [-0.3, -0.25) is 10.1 Å². The lowest BCUT2D eigenvalue weighted by atomic mass is 10.2. The van der Waals surface area contributed by atoms with Crippen molar-refractivity contribution in [3.05, 3.63) is 22.4 Å². The molecule has 0 radical (unpaired) electrons. The molecule has 5 heteroatoms. The average Bonchev–Trinajstić information content (AvgIpc) is 2.66. The molecule has 0 saturated carbocycles. The fourth-order valence-corrected chi connectivity index (χ4v) is 1.99. The molecule has 0 amide bonds. The van der Waals surface area contributed by atoms with Crippen LogP contribution in [-0.2, 0) is 16.0 Å². The van der Waals surface area contributed by atoms with Crippen LogP contribution in [0.5, 0.6) is 0 Å². The van der Waals surface area contributed by atoms with E-state index in [9.17, 15) is 4.79 Å². The minimum absolute atomic E-state index is 0.242. The molecule has 1 heterocycles. The highest BCUT2D eigenvalue weighted by atomic mass is 32.1. The third-order valence-corrected chi connectivity index (χ3v) is 3.02. The van der Waals surface area contributed by atoms with E-state index in [0.29, 0.717) is 6.42 Å². The van der Waals surface area contributed by atoms with Crippen LogP contribution in [-0.4, -0.2) is 29.4 Å². The number of aliphatic carboxylic acids is 1. The molecule has 1 atom stereocenters. The van der Waals surface area contributed by atoms with Crippen molar-refractivity contribution in [1.82, 2.24) is 5.32 Å². The number of carboxylic acids is 1. The van der Waals surface area contributed by atoms with Crippen LogP contribution in [0.3, 0.4) is 0 Å². The molecule has 0 aromatic carbocycles. The first-order valence-electron chi connectivity index (χ1n) is 5.51. The fraction of sp³-hybridized carbons (Fsp3) is 0.583. The smallest absolute Gasteiger partial charge is 0.321 e. The van der Waals surface area contributed by atoms with Crippen LogP contribution in [0.1, 0.15) is 25.6 Å². The van der Waals surface area contributed by atoms with Gasteiger partial charge in [-0.05, 0) is 32.2 Å². The summed E-state index contributed by atoms with van der Waals surface area (Å²) in [6, 6.07) is 3.26. The lowest BCUT2D eigenvalue weighted by Crippen LogP contribution is -2.41. The summed E-state index contributed by atoms with van der Waals surface area (Å²) in [6.45, 7) is 6.04. The van der Waals surface area contributed by atoms with Crippen LogP contribution in [0.15, 0.2) is 17.5 Å². The van der Waals surface area contributed by atoms with Gasteiger partial charge in [0.1, 0.15) is 6.04 Å². The van der Waals surface area contributed by atoms with Gasteiger partial charge in [0.2, 0.25) is 0 Å². The first-order chi connectivity index (χ1) is 7.88. The Balaban J connectivity index is 2.42. The zero-order valence-electron chi connectivity index (χ0n) is 10.4. The molecule has 0 aliphatic rings. The number of nitrogens with one attached hydrogen (secondary N) is 1. The molecule has 1 rings (SSSR count). The van der Waals surface area contributed by atoms with Gasteiger partial charge < -0.3 is 9.84 Å². The zero-order valence-corrected chi connectivity index (χ0v) is 11.2. The van der Waals surface area contributed by atoms with E-state index in [0.717, 1.165) is 4.88 Å². The molecule has 0 saturated heterocycles. The van der Waals surface area contributed by atoms with Crippen LogP contribution in [0.25, 0.3) is 0 Å². The molecular weight excluding hydrogens is 238 g/mol. The van der Waals surface area contributed by atoms with E-state index < -0.39 is 12.0 Å². The number of thiophene rings is 1. The molecule has 0 bridgehead atoms. The summed E-state index contributed by atoms with van der Waals surface area (Å²) >= 11 is 1.56. The summed E-state index contributed by atoms with van der Waals surface area (Å²) in [4.78, 5) is 12.1. The average molecular weight is 257 g/mol. The predicted octanol–water partition coefficient (Wildman–Crippen LogP) is 2.11. The van der Waals surface area contributed by atoms with Crippen LogP contribution in [0.4, 0.5) is 0 Å². The van der Waals surface area contributed by atoms with Crippen molar-refractivity contribution >= 4 is 17.3 Å². The number of carbonyl (C=O) groups is 1. The molecular formula is C12H19NO3S. The SMILES string of the molecule is CC(C)(C)OCNC(Cc1cccs1)C(=O)O. The Kier molecular flexibility index (Phi) is 5.11. The first-order valence-corrected chi connectivity index (χ1v) is 6.39. The highest BCUT2D eigenvalue weighted by Crippen LogP contribution is 2.11. The Hall–Kier alpha value is -0.910. The standard InChI is InChI=1S/C12H19NO3S/c1-12(2,3)16-8-13-10(11(14)15)7-9-5-4-6-17-9/h4-6,10,13H,7-8H2,1-3H3,(H,14,15). The summed E-state index contributed by atoms with van der Waals surface area (Å²) < 4.78 is 5.46. The van der Waals surface area contributed by atoms with E-state index in [4.69, 9.17) is 9.84 Å². The zero-order chi connectivity index (χ0) is 12.9. The molecule has 4 nitrogen and oxygen atoms in total. The molecule has 1 aromatic heterocycles. The topological polar surface area (TPSA) is 58.6 Å². The Labute approximate surface area is 106 Å². The molecule has 96 valence electrons. The van der Waals surface area contributed by atoms with Crippen molar-refractivity contribution in [2.45, 2.75) is 38.8 Å². The van der Waals surface area contributed by atoms with Crippen molar-refractivity contribution in [2.24, 2.45) is 0 Å². The number of hydrogen-bond acceptors (Lipinski definition) is 4. The molecule has 0 aliphatic carbocycles. The number of ether oxygens (including phenoxy) is 1. The van der Waals surface area contributed by atoms with Gasteiger partial charge in [0.05, 0.1) is 12.3 Å². The van der Waals surface area contributed by atoms with E-state index in [2.05, 4.69) is 5.32 Å². The lowest BCUT2D eigenvalue weighted by molar-refractivity contribution is -0.140. The number of rotatable bonds is 6. The van der Waals surface area contributed by atoms with Crippen molar-refractivity contribution in [2.75, 3.05) is 6.73 Å². The third-order valence-electron chi connectivity index (χ3n) is 2.12. The largest absolute Gasteiger partial charge is 0.480 e. The Morgan fingerprint density at radius 3 is 2.76 bits per heavy atom. The number of carboxylic acid groups (broad SMARTS) is 1. The van der Waals surface area contributed by atoms with Crippen molar-refractivity contribution in [3.8, 4) is 0 Å². The van der Waals surface area contributed by atoms with Gasteiger partial charge in [-0.15, -0.1) is 11.3 Å². The van der Waals surface area contributed by atoms with Gasteiger partial charge in [-0.2, -0.15) is 0 Å². The van der Waals surface area contributed by atoms with Gasteiger partial charge >= 0.3 is 5.97 Å². The Morgan fingerprint density at radius 2 is 2.29 bits per heavy atom. The summed E-state index contributed by atoms with van der Waals surface area (Å²) in [7, 11) is 0. The van der Waals surface area contributed by atoms with E-state index >= 15 is 0 Å². The maximum absolute atomic E-state index is 11.1. The van der Waals surface area contributed by atoms with E-state index in [1.54, 1.807) is 11.3 Å². The highest BCUT2D eigenvalue weighted by Gasteiger charge is 2.19. The lowest BCUT2D eigenvalue weighted by Gasteiger charge is -2.21. The van der Waals surface area contributed by atoms with Gasteiger partial charge in [-0.1, -0.05) is 6.07 Å². The summed E-state index contributed by atoms with van der Waals surface area (Å²) in [5.41, 5.74) is -0.265. The molecule has 17 heavy (non-hydrogen) atoms. The second kappa shape index (κ2) is 6.14. The Bertz CT molecular complexity index is 343. The second-order valence-corrected chi connectivity index (χ2v) is 5.81. The number of hydrogen-bond donors (Lipinski definition) is 2. The first kappa shape index (κ1) is 14.2. The Morgan fingerprint density at radius 1 is 1.59 bits per heavy atom. The monoisotopic (exact) mass is 257 g/mol. The maximum atomic E-state index is 11.1. The van der Waals surface area contributed by atoms with Crippen LogP contribution in [0, 0.1) is 0 Å². The van der Waals surface area contributed by atoms with E-state index in [1.165, 1.54) is 0 Å². The van der Waals surface area contributed by atoms with E-state index in [1.807, 2.05) is 38.3 Å². The molecule has 2 N–H and O–H groups in total. The van der Waals surface area contributed by atoms with Crippen molar-refractivity contribution < 1.29 is 14.6 Å². The van der Waals surface area contributed by atoms with Gasteiger partial charge in [0.25, 0.3) is 0 Å². The van der Waals surface area contributed by atoms with Crippen molar-refractivity contribution in [3.63, 3.8) is 0 Å². The quantitative estimate of drug-likeness (QED) is 0.766. The van der Waals surface area contributed by atoms with Crippen LogP contribution >= 0.6 is 11.3 Å².